The largest absolute Gasteiger partial charge is 0.414 e. The highest BCUT2D eigenvalue weighted by Gasteiger charge is 2.36. The van der Waals surface area contributed by atoms with Gasteiger partial charge in [-0.3, -0.25) is 0 Å². The maximum absolute atomic E-state index is 6.06. The van der Waals surface area contributed by atoms with E-state index in [2.05, 4.69) is 33.9 Å². The molecule has 0 aromatic heterocycles. The zero-order valence-corrected chi connectivity index (χ0v) is 23.7. The van der Waals surface area contributed by atoms with E-state index in [1.54, 1.807) is 0 Å². The van der Waals surface area contributed by atoms with Crippen LogP contribution in [0.4, 0.5) is 0 Å². The highest BCUT2D eigenvalue weighted by Crippen LogP contribution is 2.36. The topological polar surface area (TPSA) is 83.1 Å². The Labute approximate surface area is 209 Å². The van der Waals surface area contributed by atoms with Crippen molar-refractivity contribution in [3.05, 3.63) is 0 Å². The van der Waals surface area contributed by atoms with Gasteiger partial charge in [0.25, 0.3) is 0 Å². The Balaban J connectivity index is 3.14. The molecule has 0 saturated heterocycles. The molecule has 0 N–H and O–H groups in total. The third-order valence-corrected chi connectivity index (χ3v) is 9.84. The lowest BCUT2D eigenvalue weighted by atomic mass is 10.2. The smallest absolute Gasteiger partial charge is 0.192 e. The minimum absolute atomic E-state index is 0.227. The third-order valence-electron chi connectivity index (χ3n) is 5.30. The monoisotopic (exact) mass is 512 g/mol. The molecule has 0 bridgehead atoms. The summed E-state index contributed by atoms with van der Waals surface area (Å²) >= 11 is 0. The van der Waals surface area contributed by atoms with E-state index in [0.29, 0.717) is 112 Å². The lowest BCUT2D eigenvalue weighted by molar-refractivity contribution is -0.0234. The molecule has 206 valence electrons. The van der Waals surface area contributed by atoms with Crippen molar-refractivity contribution in [2.75, 3.05) is 112 Å². The van der Waals surface area contributed by atoms with Gasteiger partial charge in [-0.15, -0.1) is 0 Å². The molecule has 0 radical (unpaired) electrons. The van der Waals surface area contributed by atoms with Crippen LogP contribution >= 0.6 is 0 Å². The first-order valence-corrected chi connectivity index (χ1v) is 15.5. The number of hydrogen-bond acceptors (Lipinski definition) is 9. The van der Waals surface area contributed by atoms with Gasteiger partial charge in [0.1, 0.15) is 0 Å². The van der Waals surface area contributed by atoms with Crippen LogP contribution in [0.2, 0.25) is 18.1 Å². The van der Waals surface area contributed by atoms with Crippen molar-refractivity contribution in [3.63, 3.8) is 0 Å². The molecular formula is C24H52O9Si. The van der Waals surface area contributed by atoms with E-state index in [0.717, 1.165) is 0 Å². The molecule has 0 spiro atoms. The summed E-state index contributed by atoms with van der Waals surface area (Å²) in [6, 6.07) is 0. The van der Waals surface area contributed by atoms with Gasteiger partial charge in [0.15, 0.2) is 8.32 Å². The van der Waals surface area contributed by atoms with Crippen LogP contribution in [0.15, 0.2) is 0 Å². The van der Waals surface area contributed by atoms with Crippen LogP contribution in [0, 0.1) is 0 Å². The average Bonchev–Trinajstić information content (AvgIpc) is 2.78. The number of hydrogen-bond donors (Lipinski definition) is 0. The molecule has 0 aliphatic heterocycles. The Hall–Kier alpha value is -0.143. The van der Waals surface area contributed by atoms with Crippen molar-refractivity contribution in [2.45, 2.75) is 45.8 Å². The average molecular weight is 513 g/mol. The van der Waals surface area contributed by atoms with Crippen LogP contribution in [-0.2, 0) is 42.3 Å². The van der Waals surface area contributed by atoms with Crippen molar-refractivity contribution < 1.29 is 42.3 Å². The number of ether oxygens (including phenoxy) is 8. The molecule has 0 rings (SSSR count). The molecule has 0 aromatic carbocycles. The minimum atomic E-state index is -1.68. The van der Waals surface area contributed by atoms with Crippen LogP contribution in [-0.4, -0.2) is 121 Å². The summed E-state index contributed by atoms with van der Waals surface area (Å²) < 4.78 is 49.4. The van der Waals surface area contributed by atoms with Crippen LogP contribution in [0.3, 0.4) is 0 Å². The van der Waals surface area contributed by atoms with E-state index in [1.807, 2.05) is 6.92 Å². The van der Waals surface area contributed by atoms with E-state index >= 15 is 0 Å². The highest BCUT2D eigenvalue weighted by molar-refractivity contribution is 6.74. The van der Waals surface area contributed by atoms with Gasteiger partial charge in [-0.2, -0.15) is 0 Å². The first-order chi connectivity index (χ1) is 16.3. The van der Waals surface area contributed by atoms with Crippen molar-refractivity contribution in [1.82, 2.24) is 0 Å². The fourth-order valence-electron chi connectivity index (χ4n) is 2.26. The van der Waals surface area contributed by atoms with Gasteiger partial charge in [-0.25, -0.2) is 0 Å². The molecule has 9 nitrogen and oxygen atoms in total. The van der Waals surface area contributed by atoms with Crippen molar-refractivity contribution >= 4 is 8.32 Å². The maximum atomic E-state index is 6.06. The van der Waals surface area contributed by atoms with Crippen LogP contribution < -0.4 is 0 Å². The summed E-state index contributed by atoms with van der Waals surface area (Å²) in [7, 11) is -1.68. The van der Waals surface area contributed by atoms with Gasteiger partial charge in [-0.05, 0) is 25.1 Å². The van der Waals surface area contributed by atoms with E-state index in [1.165, 1.54) is 0 Å². The predicted octanol–water partition coefficient (Wildman–Crippen LogP) is 3.16. The Morgan fingerprint density at radius 3 is 0.882 bits per heavy atom. The van der Waals surface area contributed by atoms with E-state index in [9.17, 15) is 0 Å². The first-order valence-electron chi connectivity index (χ1n) is 12.6. The summed E-state index contributed by atoms with van der Waals surface area (Å²) in [6.07, 6.45) is 0. The van der Waals surface area contributed by atoms with Crippen molar-refractivity contribution in [2.24, 2.45) is 0 Å². The SMILES string of the molecule is CCOCCOCCOCCOCCOCCOCCOCCOCCO[Si](C)(C)C(C)(C)C. The van der Waals surface area contributed by atoms with Gasteiger partial charge in [0.05, 0.1) is 106 Å². The summed E-state index contributed by atoms with van der Waals surface area (Å²) in [4.78, 5) is 0. The second kappa shape index (κ2) is 23.3. The molecule has 0 amide bonds. The quantitative estimate of drug-likeness (QED) is 0.128. The van der Waals surface area contributed by atoms with E-state index in [4.69, 9.17) is 42.3 Å². The molecule has 0 aliphatic carbocycles. The minimum Gasteiger partial charge on any atom is -0.414 e. The molecule has 0 saturated carbocycles. The Morgan fingerprint density at radius 1 is 0.412 bits per heavy atom. The number of rotatable bonds is 26. The van der Waals surface area contributed by atoms with E-state index < -0.39 is 8.32 Å². The maximum Gasteiger partial charge on any atom is 0.192 e. The van der Waals surface area contributed by atoms with Gasteiger partial charge in [0, 0.05) is 6.61 Å². The summed E-state index contributed by atoms with van der Waals surface area (Å²) in [5.74, 6) is 0. The van der Waals surface area contributed by atoms with Crippen molar-refractivity contribution in [3.8, 4) is 0 Å². The van der Waals surface area contributed by atoms with Crippen LogP contribution in [0.25, 0.3) is 0 Å². The molecule has 34 heavy (non-hydrogen) atoms. The van der Waals surface area contributed by atoms with Gasteiger partial charge < -0.3 is 42.3 Å². The first kappa shape index (κ1) is 33.9. The summed E-state index contributed by atoms with van der Waals surface area (Å²) in [5, 5.41) is 0.227. The third kappa shape index (κ3) is 22.3. The molecule has 0 unspecified atom stereocenters. The lowest BCUT2D eigenvalue weighted by Gasteiger charge is -2.36. The lowest BCUT2D eigenvalue weighted by Crippen LogP contribution is -2.41. The van der Waals surface area contributed by atoms with Gasteiger partial charge >= 0.3 is 0 Å². The highest BCUT2D eigenvalue weighted by atomic mass is 28.4. The van der Waals surface area contributed by atoms with Crippen molar-refractivity contribution in [1.29, 1.82) is 0 Å². The fourth-order valence-corrected chi connectivity index (χ4v) is 3.28. The Bertz CT molecular complexity index is 420. The zero-order chi connectivity index (χ0) is 25.4. The van der Waals surface area contributed by atoms with Gasteiger partial charge in [0.2, 0.25) is 0 Å². The second-order valence-electron chi connectivity index (χ2n) is 9.09. The fraction of sp³-hybridized carbons (Fsp3) is 1.00. The predicted molar refractivity (Wildman–Crippen MR) is 135 cm³/mol. The van der Waals surface area contributed by atoms with Gasteiger partial charge in [-0.1, -0.05) is 20.8 Å². The summed E-state index contributed by atoms with van der Waals surface area (Å²) in [6.45, 7) is 23.0. The Kier molecular flexibility index (Phi) is 23.2. The molecule has 10 heteroatoms. The summed E-state index contributed by atoms with van der Waals surface area (Å²) in [5.41, 5.74) is 0. The molecule has 0 heterocycles. The van der Waals surface area contributed by atoms with E-state index in [-0.39, 0.29) is 5.04 Å². The molecule has 0 aromatic rings. The molecular weight excluding hydrogens is 460 g/mol. The zero-order valence-electron chi connectivity index (χ0n) is 22.7. The molecule has 0 atom stereocenters. The van der Waals surface area contributed by atoms with Crippen LogP contribution in [0.1, 0.15) is 27.7 Å². The molecule has 0 aliphatic rings. The molecule has 0 fully saturated rings. The van der Waals surface area contributed by atoms with Crippen LogP contribution in [0.5, 0.6) is 0 Å². The standard InChI is InChI=1S/C24H52O9Si/c1-7-25-8-9-26-10-11-27-12-13-28-14-15-29-16-17-30-18-19-31-20-21-32-22-23-33-34(5,6)24(2,3)4/h7-23H2,1-6H3. The second-order valence-corrected chi connectivity index (χ2v) is 13.9. The normalized spacial score (nSPS) is 12.5. The Morgan fingerprint density at radius 2 is 0.647 bits per heavy atom.